The summed E-state index contributed by atoms with van der Waals surface area (Å²) < 4.78 is 25.5. The average molecular weight is 294 g/mol. The molecule has 2 heterocycles. The summed E-state index contributed by atoms with van der Waals surface area (Å²) in [6, 6.07) is 5.94. The Bertz CT molecular complexity index is 730. The molecule has 0 bridgehead atoms. The molecule has 3 rings (SSSR count). The average Bonchev–Trinajstić information content (AvgIpc) is 2.75. The molecule has 5 heteroatoms. The zero-order valence-electron chi connectivity index (χ0n) is 12.5. The van der Waals surface area contributed by atoms with Crippen LogP contribution in [-0.2, 0) is 23.0 Å². The SMILES string of the molecule is CC.Cc1ccc2c(c1)c1c(n2S(C)(=O)=O)CCNC1. The van der Waals surface area contributed by atoms with Crippen molar-refractivity contribution in [1.29, 1.82) is 0 Å². The molecule has 0 aliphatic carbocycles. The normalized spacial score (nSPS) is 14.6. The third-order valence-electron chi connectivity index (χ3n) is 3.46. The number of hydrogen-bond donors (Lipinski definition) is 1. The number of hydrogen-bond acceptors (Lipinski definition) is 3. The van der Waals surface area contributed by atoms with Crippen molar-refractivity contribution in [1.82, 2.24) is 9.29 Å². The van der Waals surface area contributed by atoms with Crippen molar-refractivity contribution >= 4 is 20.9 Å². The predicted molar refractivity (Wildman–Crippen MR) is 83.7 cm³/mol. The maximum atomic E-state index is 12.0. The molecule has 0 spiro atoms. The molecule has 0 radical (unpaired) electrons. The molecule has 0 saturated carbocycles. The highest BCUT2D eigenvalue weighted by Crippen LogP contribution is 2.30. The molecule has 4 nitrogen and oxygen atoms in total. The van der Waals surface area contributed by atoms with E-state index in [2.05, 4.69) is 11.4 Å². The van der Waals surface area contributed by atoms with Crippen LogP contribution in [-0.4, -0.2) is 25.2 Å². The van der Waals surface area contributed by atoms with Gasteiger partial charge in [0.05, 0.1) is 11.8 Å². The van der Waals surface area contributed by atoms with Gasteiger partial charge in [0.25, 0.3) is 0 Å². The third kappa shape index (κ3) is 2.47. The van der Waals surface area contributed by atoms with E-state index in [9.17, 15) is 8.42 Å². The number of nitrogens with one attached hydrogen (secondary N) is 1. The Kier molecular flexibility index (Phi) is 4.20. The van der Waals surface area contributed by atoms with Gasteiger partial charge >= 0.3 is 0 Å². The number of nitrogens with zero attached hydrogens (tertiary/aromatic N) is 1. The van der Waals surface area contributed by atoms with Gasteiger partial charge in [-0.25, -0.2) is 12.4 Å². The minimum Gasteiger partial charge on any atom is -0.312 e. The highest BCUT2D eigenvalue weighted by molar-refractivity contribution is 7.89. The molecule has 0 atom stereocenters. The molecule has 1 aromatic carbocycles. The number of fused-ring (bicyclic) bond motifs is 3. The van der Waals surface area contributed by atoms with Crippen molar-refractivity contribution in [2.75, 3.05) is 12.8 Å². The zero-order chi connectivity index (χ0) is 14.9. The predicted octanol–water partition coefficient (Wildman–Crippen LogP) is 2.43. The van der Waals surface area contributed by atoms with Gasteiger partial charge in [-0.1, -0.05) is 25.5 Å². The van der Waals surface area contributed by atoms with Gasteiger partial charge in [-0.3, -0.25) is 0 Å². The van der Waals surface area contributed by atoms with E-state index in [1.807, 2.05) is 32.9 Å². The van der Waals surface area contributed by atoms with Crippen LogP contribution in [0.3, 0.4) is 0 Å². The maximum Gasteiger partial charge on any atom is 0.236 e. The van der Waals surface area contributed by atoms with Gasteiger partial charge in [0, 0.05) is 30.6 Å². The molecular weight excluding hydrogens is 272 g/mol. The fourth-order valence-corrected chi connectivity index (χ4v) is 3.86. The van der Waals surface area contributed by atoms with Crippen molar-refractivity contribution in [3.8, 4) is 0 Å². The van der Waals surface area contributed by atoms with Crippen molar-refractivity contribution in [2.45, 2.75) is 33.7 Å². The zero-order valence-corrected chi connectivity index (χ0v) is 13.3. The first kappa shape index (κ1) is 15.1. The Hall–Kier alpha value is -1.33. The van der Waals surface area contributed by atoms with Gasteiger partial charge in [-0.2, -0.15) is 0 Å². The largest absolute Gasteiger partial charge is 0.312 e. The Morgan fingerprint density at radius 3 is 2.60 bits per heavy atom. The van der Waals surface area contributed by atoms with Crippen LogP contribution in [0.1, 0.15) is 30.7 Å². The first-order valence-corrected chi connectivity index (χ1v) is 8.87. The van der Waals surface area contributed by atoms with Gasteiger partial charge in [0.15, 0.2) is 0 Å². The first-order valence-electron chi connectivity index (χ1n) is 7.02. The number of benzene rings is 1. The Balaban J connectivity index is 0.000000704. The molecule has 1 aromatic heterocycles. The monoisotopic (exact) mass is 294 g/mol. The van der Waals surface area contributed by atoms with Crippen LogP contribution < -0.4 is 5.32 Å². The van der Waals surface area contributed by atoms with Crippen LogP contribution >= 0.6 is 0 Å². The lowest BCUT2D eigenvalue weighted by Gasteiger charge is -2.15. The molecule has 2 aromatic rings. The molecule has 1 aliphatic rings. The van der Waals surface area contributed by atoms with E-state index in [0.29, 0.717) is 0 Å². The lowest BCUT2D eigenvalue weighted by Crippen LogP contribution is -2.26. The molecule has 110 valence electrons. The summed E-state index contributed by atoms with van der Waals surface area (Å²) in [7, 11) is -3.25. The van der Waals surface area contributed by atoms with Crippen molar-refractivity contribution in [3.63, 3.8) is 0 Å². The summed E-state index contributed by atoms with van der Waals surface area (Å²) >= 11 is 0. The maximum absolute atomic E-state index is 12.0. The van der Waals surface area contributed by atoms with E-state index in [1.54, 1.807) is 0 Å². The van der Waals surface area contributed by atoms with Crippen LogP contribution in [0.4, 0.5) is 0 Å². The fraction of sp³-hybridized carbons (Fsp3) is 0.467. The molecule has 0 unspecified atom stereocenters. The summed E-state index contributed by atoms with van der Waals surface area (Å²) in [5.41, 5.74) is 4.03. The summed E-state index contributed by atoms with van der Waals surface area (Å²) in [5, 5.41) is 4.37. The van der Waals surface area contributed by atoms with Crippen LogP contribution in [0.15, 0.2) is 18.2 Å². The lowest BCUT2D eigenvalue weighted by atomic mass is 10.0. The van der Waals surface area contributed by atoms with E-state index in [4.69, 9.17) is 0 Å². The molecule has 1 N–H and O–H groups in total. The number of aromatic nitrogens is 1. The molecular formula is C15H22N2O2S. The summed E-state index contributed by atoms with van der Waals surface area (Å²) in [4.78, 5) is 0. The Labute approximate surface area is 120 Å². The minimum absolute atomic E-state index is 0.748. The summed E-state index contributed by atoms with van der Waals surface area (Å²) in [5.74, 6) is 0. The highest BCUT2D eigenvalue weighted by atomic mass is 32.2. The van der Waals surface area contributed by atoms with Crippen LogP contribution in [0.25, 0.3) is 10.9 Å². The number of rotatable bonds is 1. The van der Waals surface area contributed by atoms with Gasteiger partial charge in [-0.05, 0) is 24.6 Å². The first-order chi connectivity index (χ1) is 9.48. The molecule has 1 aliphatic heterocycles. The molecule has 0 amide bonds. The van der Waals surface area contributed by atoms with E-state index in [1.165, 1.54) is 10.2 Å². The van der Waals surface area contributed by atoms with Gasteiger partial charge in [-0.15, -0.1) is 0 Å². The number of aryl methyl sites for hydroxylation is 1. The molecule has 0 fully saturated rings. The van der Waals surface area contributed by atoms with E-state index >= 15 is 0 Å². The van der Waals surface area contributed by atoms with Gasteiger partial charge < -0.3 is 5.32 Å². The standard InChI is InChI=1S/C13H16N2O2S.C2H6/c1-9-3-4-12-10(7-9)11-8-14-6-5-13(11)15(12)18(2,16)17;1-2/h3-4,7,14H,5-6,8H2,1-2H3;1-2H3. The van der Waals surface area contributed by atoms with Gasteiger partial charge in [0.1, 0.15) is 0 Å². The third-order valence-corrected chi connectivity index (χ3v) is 4.54. The van der Waals surface area contributed by atoms with E-state index < -0.39 is 10.0 Å². The second-order valence-corrected chi connectivity index (χ2v) is 6.73. The van der Waals surface area contributed by atoms with Gasteiger partial charge in [0.2, 0.25) is 10.0 Å². The summed E-state index contributed by atoms with van der Waals surface area (Å²) in [6.45, 7) is 7.61. The van der Waals surface area contributed by atoms with Crippen LogP contribution in [0, 0.1) is 6.92 Å². The lowest BCUT2D eigenvalue weighted by molar-refractivity contribution is 0.586. The Morgan fingerprint density at radius 1 is 1.25 bits per heavy atom. The van der Waals surface area contributed by atoms with Crippen molar-refractivity contribution < 1.29 is 8.42 Å². The second-order valence-electron chi connectivity index (χ2n) is 4.90. The minimum atomic E-state index is -3.25. The molecule has 20 heavy (non-hydrogen) atoms. The van der Waals surface area contributed by atoms with Crippen LogP contribution in [0.5, 0.6) is 0 Å². The fourth-order valence-electron chi connectivity index (χ4n) is 2.74. The smallest absolute Gasteiger partial charge is 0.236 e. The Morgan fingerprint density at radius 2 is 1.95 bits per heavy atom. The van der Waals surface area contributed by atoms with E-state index in [0.717, 1.165) is 47.2 Å². The second kappa shape index (κ2) is 5.58. The summed E-state index contributed by atoms with van der Waals surface area (Å²) in [6.07, 6.45) is 2.03. The van der Waals surface area contributed by atoms with E-state index in [-0.39, 0.29) is 0 Å². The molecule has 0 saturated heterocycles. The van der Waals surface area contributed by atoms with Crippen molar-refractivity contribution in [2.24, 2.45) is 0 Å². The topological polar surface area (TPSA) is 51.1 Å². The van der Waals surface area contributed by atoms with Crippen LogP contribution in [0.2, 0.25) is 0 Å². The van der Waals surface area contributed by atoms with Crippen molar-refractivity contribution in [3.05, 3.63) is 35.0 Å². The quantitative estimate of drug-likeness (QED) is 0.879. The highest BCUT2D eigenvalue weighted by Gasteiger charge is 2.23.